The Morgan fingerprint density at radius 2 is 1.55 bits per heavy atom. The van der Waals surface area contributed by atoms with E-state index < -0.39 is 0 Å². The molecule has 0 saturated carbocycles. The summed E-state index contributed by atoms with van der Waals surface area (Å²) in [6.07, 6.45) is 1.72. The predicted molar refractivity (Wildman–Crippen MR) is 116 cm³/mol. The van der Waals surface area contributed by atoms with Crippen LogP contribution in [0.5, 0.6) is 0 Å². The third-order valence-corrected chi connectivity index (χ3v) is 5.40. The van der Waals surface area contributed by atoms with Gasteiger partial charge in [-0.25, -0.2) is 0 Å². The van der Waals surface area contributed by atoms with E-state index in [1.165, 1.54) is 5.56 Å². The lowest BCUT2D eigenvalue weighted by atomic mass is 10.2. The lowest BCUT2D eigenvalue weighted by Crippen LogP contribution is -2.48. The maximum atomic E-state index is 13.0. The van der Waals surface area contributed by atoms with E-state index in [-0.39, 0.29) is 5.91 Å². The molecule has 5 heteroatoms. The fourth-order valence-electron chi connectivity index (χ4n) is 3.66. The average Bonchev–Trinajstić information content (AvgIpc) is 2.80. The van der Waals surface area contributed by atoms with E-state index >= 15 is 0 Å². The molecule has 1 fully saturated rings. The van der Waals surface area contributed by atoms with Crippen LogP contribution in [-0.2, 0) is 6.54 Å². The first kappa shape index (κ1) is 19.2. The molecule has 1 saturated heterocycles. The first-order valence-corrected chi connectivity index (χ1v) is 10.0. The predicted octanol–water partition coefficient (Wildman–Crippen LogP) is 3.81. The third-order valence-electron chi connectivity index (χ3n) is 5.40. The highest BCUT2D eigenvalue weighted by atomic mass is 16.2. The molecule has 0 aliphatic carbocycles. The lowest BCUT2D eigenvalue weighted by molar-refractivity contribution is 0.0623. The van der Waals surface area contributed by atoms with Gasteiger partial charge in [0.05, 0.1) is 0 Å². The number of anilines is 2. The molecule has 1 aliphatic rings. The summed E-state index contributed by atoms with van der Waals surface area (Å²) in [5.74, 6) is 0.00710. The highest BCUT2D eigenvalue weighted by Crippen LogP contribution is 2.23. The monoisotopic (exact) mass is 386 g/mol. The van der Waals surface area contributed by atoms with Gasteiger partial charge >= 0.3 is 0 Å². The van der Waals surface area contributed by atoms with Gasteiger partial charge in [0.15, 0.2) is 0 Å². The number of carbonyl (C=O) groups excluding carboxylic acids is 1. The van der Waals surface area contributed by atoms with Crippen molar-refractivity contribution in [3.63, 3.8) is 0 Å². The van der Waals surface area contributed by atoms with Crippen molar-refractivity contribution in [2.45, 2.75) is 6.54 Å². The van der Waals surface area contributed by atoms with E-state index in [9.17, 15) is 4.79 Å². The number of rotatable bonds is 5. The van der Waals surface area contributed by atoms with Gasteiger partial charge in [0.2, 0.25) is 0 Å². The zero-order valence-electron chi connectivity index (χ0n) is 16.7. The Balaban J connectivity index is 1.39. The Morgan fingerprint density at radius 1 is 0.897 bits per heavy atom. The molecule has 0 unspecified atom stereocenters. The second-order valence-electron chi connectivity index (χ2n) is 7.35. The molecule has 3 aromatic rings. The normalized spacial score (nSPS) is 14.6. The minimum Gasteiger partial charge on any atom is -0.345 e. The lowest BCUT2D eigenvalue weighted by Gasteiger charge is -2.34. The van der Waals surface area contributed by atoms with Crippen molar-refractivity contribution in [1.82, 2.24) is 14.8 Å². The van der Waals surface area contributed by atoms with Crippen molar-refractivity contribution in [2.24, 2.45) is 0 Å². The van der Waals surface area contributed by atoms with Crippen molar-refractivity contribution in [1.29, 1.82) is 0 Å². The van der Waals surface area contributed by atoms with Crippen LogP contribution in [0.1, 0.15) is 16.1 Å². The third kappa shape index (κ3) is 4.63. The molecule has 1 aliphatic heterocycles. The van der Waals surface area contributed by atoms with Crippen LogP contribution < -0.4 is 4.90 Å². The van der Waals surface area contributed by atoms with Crippen molar-refractivity contribution in [3.8, 4) is 0 Å². The molecule has 0 radical (unpaired) electrons. The Bertz CT molecular complexity index is 937. The standard InChI is InChI=1S/C24H26N4O/c1-26(21-10-6-3-7-11-21)22-12-13-25-23(18-22)24(29)28-16-14-27(15-17-28)19-20-8-4-2-5-9-20/h2-13,18H,14-17,19H2,1H3. The number of amides is 1. The van der Waals surface area contributed by atoms with Crippen LogP contribution in [0.25, 0.3) is 0 Å². The quantitative estimate of drug-likeness (QED) is 0.669. The number of pyridine rings is 1. The fourth-order valence-corrected chi connectivity index (χ4v) is 3.66. The largest absolute Gasteiger partial charge is 0.345 e. The number of carbonyl (C=O) groups is 1. The van der Waals surface area contributed by atoms with E-state index in [4.69, 9.17) is 0 Å². The molecule has 29 heavy (non-hydrogen) atoms. The van der Waals surface area contributed by atoms with E-state index in [1.54, 1.807) is 6.20 Å². The minimum absolute atomic E-state index is 0.00710. The number of nitrogens with zero attached hydrogens (tertiary/aromatic N) is 4. The zero-order valence-corrected chi connectivity index (χ0v) is 16.7. The molecular weight excluding hydrogens is 360 g/mol. The Kier molecular flexibility index (Phi) is 5.86. The van der Waals surface area contributed by atoms with Gasteiger partial charge in [-0.05, 0) is 29.8 Å². The molecule has 2 heterocycles. The Labute approximate surface area is 172 Å². The molecule has 0 bridgehead atoms. The molecule has 5 nitrogen and oxygen atoms in total. The van der Waals surface area contributed by atoms with Gasteiger partial charge in [-0.3, -0.25) is 14.7 Å². The summed E-state index contributed by atoms with van der Waals surface area (Å²) in [4.78, 5) is 23.7. The summed E-state index contributed by atoms with van der Waals surface area (Å²) in [5.41, 5.74) is 3.84. The van der Waals surface area contributed by atoms with Crippen LogP contribution >= 0.6 is 0 Å². The number of hydrogen-bond donors (Lipinski definition) is 0. The molecule has 148 valence electrons. The number of benzene rings is 2. The maximum Gasteiger partial charge on any atom is 0.272 e. The second kappa shape index (κ2) is 8.88. The second-order valence-corrected chi connectivity index (χ2v) is 7.35. The van der Waals surface area contributed by atoms with Crippen LogP contribution in [-0.4, -0.2) is 53.9 Å². The van der Waals surface area contributed by atoms with E-state index in [1.807, 2.05) is 60.5 Å². The van der Waals surface area contributed by atoms with Gasteiger partial charge in [0, 0.05) is 57.3 Å². The van der Waals surface area contributed by atoms with E-state index in [0.29, 0.717) is 5.69 Å². The van der Waals surface area contributed by atoms with Crippen LogP contribution in [0.15, 0.2) is 79.0 Å². The molecule has 1 amide bonds. The van der Waals surface area contributed by atoms with Gasteiger partial charge in [0.1, 0.15) is 5.69 Å². The van der Waals surface area contributed by atoms with Gasteiger partial charge < -0.3 is 9.80 Å². The summed E-state index contributed by atoms with van der Waals surface area (Å²) in [7, 11) is 2.00. The average molecular weight is 386 g/mol. The minimum atomic E-state index is 0.00710. The molecule has 0 atom stereocenters. The maximum absolute atomic E-state index is 13.0. The van der Waals surface area contributed by atoms with Crippen molar-refractivity contribution >= 4 is 17.3 Å². The van der Waals surface area contributed by atoms with E-state index in [2.05, 4.69) is 39.0 Å². The molecule has 0 spiro atoms. The first-order chi connectivity index (χ1) is 14.2. The van der Waals surface area contributed by atoms with Crippen molar-refractivity contribution < 1.29 is 4.79 Å². The fraction of sp³-hybridized carbons (Fsp3) is 0.250. The zero-order chi connectivity index (χ0) is 20.1. The molecule has 0 N–H and O–H groups in total. The highest BCUT2D eigenvalue weighted by Gasteiger charge is 2.23. The first-order valence-electron chi connectivity index (χ1n) is 10.0. The summed E-state index contributed by atoms with van der Waals surface area (Å²) >= 11 is 0. The summed E-state index contributed by atoms with van der Waals surface area (Å²) in [6, 6.07) is 24.4. The topological polar surface area (TPSA) is 39.7 Å². The SMILES string of the molecule is CN(c1ccccc1)c1ccnc(C(=O)N2CCN(Cc3ccccc3)CC2)c1. The van der Waals surface area contributed by atoms with Crippen LogP contribution in [0.3, 0.4) is 0 Å². The number of para-hydroxylation sites is 1. The van der Waals surface area contributed by atoms with Gasteiger partial charge in [-0.15, -0.1) is 0 Å². The Hall–Kier alpha value is -3.18. The number of hydrogen-bond acceptors (Lipinski definition) is 4. The number of aromatic nitrogens is 1. The van der Waals surface area contributed by atoms with Crippen molar-refractivity contribution in [2.75, 3.05) is 38.1 Å². The van der Waals surface area contributed by atoms with Crippen molar-refractivity contribution in [3.05, 3.63) is 90.3 Å². The summed E-state index contributed by atoms with van der Waals surface area (Å²) in [5, 5.41) is 0. The van der Waals surface area contributed by atoms with Crippen LogP contribution in [0, 0.1) is 0 Å². The van der Waals surface area contributed by atoms with Gasteiger partial charge in [-0.1, -0.05) is 48.5 Å². The molecule has 1 aromatic heterocycles. The summed E-state index contributed by atoms with van der Waals surface area (Å²) < 4.78 is 0. The van der Waals surface area contributed by atoms with E-state index in [0.717, 1.165) is 44.1 Å². The smallest absolute Gasteiger partial charge is 0.272 e. The van der Waals surface area contributed by atoms with Crippen LogP contribution in [0.4, 0.5) is 11.4 Å². The van der Waals surface area contributed by atoms with Crippen LogP contribution in [0.2, 0.25) is 0 Å². The molecule has 4 rings (SSSR count). The van der Waals surface area contributed by atoms with Gasteiger partial charge in [-0.2, -0.15) is 0 Å². The highest BCUT2D eigenvalue weighted by molar-refractivity contribution is 5.93. The molecular formula is C24H26N4O. The Morgan fingerprint density at radius 3 is 2.24 bits per heavy atom. The number of piperazine rings is 1. The summed E-state index contributed by atoms with van der Waals surface area (Å²) in [6.45, 7) is 4.14. The van der Waals surface area contributed by atoms with Gasteiger partial charge in [0.25, 0.3) is 5.91 Å². The molecule has 2 aromatic carbocycles.